The van der Waals surface area contributed by atoms with Crippen molar-refractivity contribution in [1.29, 1.82) is 0 Å². The number of methoxy groups -OCH3 is 1. The van der Waals surface area contributed by atoms with Gasteiger partial charge >= 0.3 is 0 Å². The Hall–Kier alpha value is -0.860. The first-order chi connectivity index (χ1) is 12.3. The SMILES string of the molecule is CCCC1CCC(CCc2ccc(C3CCC(OC)CC3)cc2)CO1. The number of ether oxygens (including phenoxy) is 2. The molecule has 3 rings (SSSR count). The molecule has 0 radical (unpaired) electrons. The molecule has 2 nitrogen and oxygen atoms in total. The van der Waals surface area contributed by atoms with Crippen molar-refractivity contribution in [1.82, 2.24) is 0 Å². The molecule has 2 atom stereocenters. The Kier molecular flexibility index (Phi) is 7.36. The van der Waals surface area contributed by atoms with Crippen molar-refractivity contribution in [3.05, 3.63) is 35.4 Å². The topological polar surface area (TPSA) is 18.5 Å². The van der Waals surface area contributed by atoms with Crippen molar-refractivity contribution < 1.29 is 9.47 Å². The van der Waals surface area contributed by atoms with E-state index in [1.54, 1.807) is 0 Å². The molecule has 1 aromatic rings. The molecule has 0 aromatic heterocycles. The van der Waals surface area contributed by atoms with E-state index in [9.17, 15) is 0 Å². The minimum Gasteiger partial charge on any atom is -0.381 e. The Morgan fingerprint density at radius 3 is 2.32 bits per heavy atom. The second kappa shape index (κ2) is 9.73. The van der Waals surface area contributed by atoms with Gasteiger partial charge in [-0.1, -0.05) is 37.6 Å². The van der Waals surface area contributed by atoms with Gasteiger partial charge in [-0.05, 0) is 80.8 Å². The summed E-state index contributed by atoms with van der Waals surface area (Å²) in [5.41, 5.74) is 3.02. The van der Waals surface area contributed by atoms with E-state index < -0.39 is 0 Å². The molecular weight excluding hydrogens is 308 g/mol. The van der Waals surface area contributed by atoms with Gasteiger partial charge in [0.25, 0.3) is 0 Å². The molecule has 1 heterocycles. The van der Waals surface area contributed by atoms with Gasteiger partial charge in [0.05, 0.1) is 12.2 Å². The molecule has 2 fully saturated rings. The number of benzene rings is 1. The van der Waals surface area contributed by atoms with Crippen LogP contribution in [0.4, 0.5) is 0 Å². The zero-order valence-corrected chi connectivity index (χ0v) is 16.2. The van der Waals surface area contributed by atoms with Crippen molar-refractivity contribution in [3.8, 4) is 0 Å². The molecule has 2 aliphatic rings. The first kappa shape index (κ1) is 18.9. The van der Waals surface area contributed by atoms with E-state index in [4.69, 9.17) is 9.47 Å². The van der Waals surface area contributed by atoms with Crippen LogP contribution < -0.4 is 0 Å². The summed E-state index contributed by atoms with van der Waals surface area (Å²) in [4.78, 5) is 0. The summed E-state index contributed by atoms with van der Waals surface area (Å²) in [7, 11) is 1.85. The Bertz CT molecular complexity index is 479. The van der Waals surface area contributed by atoms with Crippen molar-refractivity contribution in [2.75, 3.05) is 13.7 Å². The van der Waals surface area contributed by atoms with Gasteiger partial charge in [-0.3, -0.25) is 0 Å². The van der Waals surface area contributed by atoms with E-state index in [-0.39, 0.29) is 0 Å². The highest BCUT2D eigenvalue weighted by molar-refractivity contribution is 5.26. The van der Waals surface area contributed by atoms with Gasteiger partial charge in [0.2, 0.25) is 0 Å². The van der Waals surface area contributed by atoms with Crippen LogP contribution in [0.25, 0.3) is 0 Å². The number of aryl methyl sites for hydroxylation is 1. The van der Waals surface area contributed by atoms with Crippen LogP contribution in [0, 0.1) is 5.92 Å². The van der Waals surface area contributed by atoms with Crippen LogP contribution in [-0.2, 0) is 15.9 Å². The second-order valence-electron chi connectivity index (χ2n) is 8.18. The lowest BCUT2D eigenvalue weighted by Gasteiger charge is -2.29. The van der Waals surface area contributed by atoms with Crippen LogP contribution in [0.3, 0.4) is 0 Å². The minimum atomic E-state index is 0.491. The molecule has 1 saturated heterocycles. The van der Waals surface area contributed by atoms with Crippen LogP contribution in [-0.4, -0.2) is 25.9 Å². The lowest BCUT2D eigenvalue weighted by Crippen LogP contribution is -2.26. The van der Waals surface area contributed by atoms with Crippen LogP contribution >= 0.6 is 0 Å². The first-order valence-electron chi connectivity index (χ1n) is 10.5. The van der Waals surface area contributed by atoms with E-state index in [1.807, 2.05) is 7.11 Å². The van der Waals surface area contributed by atoms with Crippen LogP contribution in [0.15, 0.2) is 24.3 Å². The highest BCUT2D eigenvalue weighted by Gasteiger charge is 2.22. The van der Waals surface area contributed by atoms with Crippen LogP contribution in [0.2, 0.25) is 0 Å². The van der Waals surface area contributed by atoms with Crippen molar-refractivity contribution in [2.24, 2.45) is 5.92 Å². The molecule has 1 aliphatic heterocycles. The molecule has 0 amide bonds. The second-order valence-corrected chi connectivity index (χ2v) is 8.18. The molecule has 1 aliphatic carbocycles. The highest BCUT2D eigenvalue weighted by Crippen LogP contribution is 2.34. The van der Waals surface area contributed by atoms with Crippen LogP contribution in [0.1, 0.15) is 81.8 Å². The monoisotopic (exact) mass is 344 g/mol. The lowest BCUT2D eigenvalue weighted by atomic mass is 9.82. The average Bonchev–Trinajstić information content (AvgIpc) is 2.68. The van der Waals surface area contributed by atoms with Gasteiger partial charge in [-0.25, -0.2) is 0 Å². The summed E-state index contributed by atoms with van der Waals surface area (Å²) in [5, 5.41) is 0. The predicted octanol–water partition coefficient (Wildman–Crippen LogP) is 5.89. The predicted molar refractivity (Wildman–Crippen MR) is 104 cm³/mol. The Balaban J connectivity index is 1.41. The number of rotatable bonds is 7. The summed E-state index contributed by atoms with van der Waals surface area (Å²) >= 11 is 0. The summed E-state index contributed by atoms with van der Waals surface area (Å²) in [5.74, 6) is 1.50. The fourth-order valence-electron chi connectivity index (χ4n) is 4.60. The van der Waals surface area contributed by atoms with E-state index >= 15 is 0 Å². The zero-order valence-electron chi connectivity index (χ0n) is 16.2. The molecule has 1 saturated carbocycles. The Morgan fingerprint density at radius 1 is 0.960 bits per heavy atom. The summed E-state index contributed by atoms with van der Waals surface area (Å²) in [6.07, 6.45) is 13.6. The minimum absolute atomic E-state index is 0.491. The largest absolute Gasteiger partial charge is 0.381 e. The zero-order chi connectivity index (χ0) is 17.5. The highest BCUT2D eigenvalue weighted by atomic mass is 16.5. The summed E-state index contributed by atoms with van der Waals surface area (Å²) in [6, 6.07) is 9.48. The molecule has 1 aromatic carbocycles. The van der Waals surface area contributed by atoms with Crippen molar-refractivity contribution in [3.63, 3.8) is 0 Å². The fourth-order valence-corrected chi connectivity index (χ4v) is 4.60. The van der Waals surface area contributed by atoms with E-state index in [2.05, 4.69) is 31.2 Å². The maximum atomic E-state index is 6.03. The maximum absolute atomic E-state index is 6.03. The molecule has 140 valence electrons. The van der Waals surface area contributed by atoms with Gasteiger partial charge in [0.1, 0.15) is 0 Å². The normalized spacial score (nSPS) is 30.3. The van der Waals surface area contributed by atoms with Gasteiger partial charge in [0.15, 0.2) is 0 Å². The molecule has 2 heteroatoms. The molecule has 2 unspecified atom stereocenters. The molecule has 0 bridgehead atoms. The quantitative estimate of drug-likeness (QED) is 0.614. The maximum Gasteiger partial charge on any atom is 0.0575 e. The molecular formula is C23H36O2. The van der Waals surface area contributed by atoms with Crippen molar-refractivity contribution in [2.45, 2.75) is 89.3 Å². The number of hydrogen-bond acceptors (Lipinski definition) is 2. The first-order valence-corrected chi connectivity index (χ1v) is 10.5. The number of hydrogen-bond donors (Lipinski definition) is 0. The van der Waals surface area contributed by atoms with Gasteiger partial charge in [0, 0.05) is 13.7 Å². The van der Waals surface area contributed by atoms with Crippen LogP contribution in [0.5, 0.6) is 0 Å². The fraction of sp³-hybridized carbons (Fsp3) is 0.739. The molecule has 0 spiro atoms. The Morgan fingerprint density at radius 2 is 1.72 bits per heavy atom. The molecule has 0 N–H and O–H groups in total. The lowest BCUT2D eigenvalue weighted by molar-refractivity contribution is -0.0218. The third kappa shape index (κ3) is 5.56. The van der Waals surface area contributed by atoms with Crippen molar-refractivity contribution >= 4 is 0 Å². The Labute approximate surface area is 154 Å². The van der Waals surface area contributed by atoms with Gasteiger partial charge < -0.3 is 9.47 Å². The average molecular weight is 345 g/mol. The summed E-state index contributed by atoms with van der Waals surface area (Å²) in [6.45, 7) is 3.23. The van der Waals surface area contributed by atoms with Gasteiger partial charge in [-0.2, -0.15) is 0 Å². The summed E-state index contributed by atoms with van der Waals surface area (Å²) < 4.78 is 11.5. The van der Waals surface area contributed by atoms with E-state index in [1.165, 1.54) is 75.3 Å². The standard InChI is InChI=1S/C23H36O2/c1-3-4-23-14-9-19(17-25-23)6-5-18-7-10-20(11-8-18)21-12-15-22(24-2)16-13-21/h7-8,10-11,19,21-23H,3-6,9,12-17H2,1-2H3. The van der Waals surface area contributed by atoms with E-state index in [0.29, 0.717) is 12.2 Å². The molecule has 25 heavy (non-hydrogen) atoms. The smallest absolute Gasteiger partial charge is 0.0575 e. The van der Waals surface area contributed by atoms with E-state index in [0.717, 1.165) is 18.4 Å². The third-order valence-corrected chi connectivity index (χ3v) is 6.38. The third-order valence-electron chi connectivity index (χ3n) is 6.38. The van der Waals surface area contributed by atoms with Gasteiger partial charge in [-0.15, -0.1) is 0 Å².